The van der Waals surface area contributed by atoms with Gasteiger partial charge < -0.3 is 16.0 Å². The Bertz CT molecular complexity index is 906. The molecule has 0 atom stereocenters. The number of hydrogen-bond acceptors (Lipinski definition) is 3. The molecule has 0 aliphatic rings. The van der Waals surface area contributed by atoms with Crippen molar-refractivity contribution in [1.29, 1.82) is 0 Å². The van der Waals surface area contributed by atoms with E-state index in [2.05, 4.69) is 21.2 Å². The Labute approximate surface area is 148 Å². The summed E-state index contributed by atoms with van der Waals surface area (Å²) in [5, 5.41) is 4.58. The number of H-pyrrole nitrogens is 1. The van der Waals surface area contributed by atoms with Crippen LogP contribution in [0.3, 0.4) is 0 Å². The molecule has 6 N–H and O–H groups in total. The summed E-state index contributed by atoms with van der Waals surface area (Å²) in [5.74, 6) is -0.413. The van der Waals surface area contributed by atoms with Crippen molar-refractivity contribution in [2.24, 2.45) is 0 Å². The van der Waals surface area contributed by atoms with Crippen molar-refractivity contribution in [1.82, 2.24) is 15.8 Å². The summed E-state index contributed by atoms with van der Waals surface area (Å²) in [6, 6.07) is 14.4. The SMILES string of the molecule is Nc1c(C(=O)NNC(=S)Nc2ccc(Cl)cc2)[nH]c2ccccc12. The highest BCUT2D eigenvalue weighted by Crippen LogP contribution is 2.24. The van der Waals surface area contributed by atoms with Crippen molar-refractivity contribution >= 4 is 57.1 Å². The van der Waals surface area contributed by atoms with E-state index in [0.717, 1.165) is 16.6 Å². The van der Waals surface area contributed by atoms with E-state index in [1.165, 1.54) is 0 Å². The van der Waals surface area contributed by atoms with Crippen molar-refractivity contribution in [3.05, 3.63) is 59.2 Å². The van der Waals surface area contributed by atoms with E-state index in [1.807, 2.05) is 24.3 Å². The third kappa shape index (κ3) is 3.42. The number of anilines is 2. The maximum atomic E-state index is 12.2. The zero-order valence-corrected chi connectivity index (χ0v) is 14.0. The highest BCUT2D eigenvalue weighted by atomic mass is 35.5. The summed E-state index contributed by atoms with van der Waals surface area (Å²) in [4.78, 5) is 15.2. The molecular formula is C16H14ClN5OS. The number of nitrogen functional groups attached to an aromatic ring is 1. The van der Waals surface area contributed by atoms with Gasteiger partial charge in [-0.3, -0.25) is 15.6 Å². The lowest BCUT2D eigenvalue weighted by Crippen LogP contribution is -2.44. The first-order chi connectivity index (χ1) is 11.5. The lowest BCUT2D eigenvalue weighted by molar-refractivity contribution is 0.0941. The minimum absolute atomic E-state index is 0.236. The third-order valence-corrected chi connectivity index (χ3v) is 3.82. The number of hydrogen-bond donors (Lipinski definition) is 5. The Balaban J connectivity index is 1.63. The van der Waals surface area contributed by atoms with Gasteiger partial charge in [0.1, 0.15) is 5.69 Å². The molecule has 122 valence electrons. The second kappa shape index (κ2) is 6.77. The van der Waals surface area contributed by atoms with Crippen LogP contribution in [0.5, 0.6) is 0 Å². The predicted molar refractivity (Wildman–Crippen MR) is 101 cm³/mol. The number of benzene rings is 2. The molecule has 1 aromatic heterocycles. The van der Waals surface area contributed by atoms with Crippen LogP contribution in [0.15, 0.2) is 48.5 Å². The number of carbonyl (C=O) groups is 1. The average molecular weight is 360 g/mol. The first-order valence-electron chi connectivity index (χ1n) is 7.03. The van der Waals surface area contributed by atoms with Crippen LogP contribution in [0.25, 0.3) is 10.9 Å². The maximum Gasteiger partial charge on any atom is 0.288 e. The van der Waals surface area contributed by atoms with Crippen LogP contribution >= 0.6 is 23.8 Å². The molecular weight excluding hydrogens is 346 g/mol. The molecule has 0 bridgehead atoms. The predicted octanol–water partition coefficient (Wildman–Crippen LogP) is 3.03. The standard InChI is InChI=1S/C16H14ClN5OS/c17-9-5-7-10(8-6-9)19-16(24)22-21-15(23)14-13(18)11-3-1-2-4-12(11)20-14/h1-8,20H,18H2,(H,21,23)(H2,19,22,24). The molecule has 8 heteroatoms. The fraction of sp³-hybridized carbons (Fsp3) is 0. The number of carbonyl (C=O) groups excluding carboxylic acids is 1. The zero-order valence-electron chi connectivity index (χ0n) is 12.4. The number of nitrogens with one attached hydrogen (secondary N) is 4. The van der Waals surface area contributed by atoms with Crippen LogP contribution in [-0.2, 0) is 0 Å². The van der Waals surface area contributed by atoms with Gasteiger partial charge in [-0.1, -0.05) is 29.8 Å². The van der Waals surface area contributed by atoms with E-state index in [-0.39, 0.29) is 10.8 Å². The molecule has 0 aliphatic carbocycles. The van der Waals surface area contributed by atoms with Crippen LogP contribution in [0.2, 0.25) is 5.02 Å². The molecule has 3 rings (SSSR count). The average Bonchev–Trinajstić information content (AvgIpc) is 2.92. The number of thiocarbonyl (C=S) groups is 1. The van der Waals surface area contributed by atoms with E-state index in [9.17, 15) is 4.79 Å². The summed E-state index contributed by atoms with van der Waals surface area (Å²) >= 11 is 10.9. The lowest BCUT2D eigenvalue weighted by atomic mass is 10.2. The minimum atomic E-state index is -0.413. The Morgan fingerprint density at radius 2 is 1.79 bits per heavy atom. The largest absolute Gasteiger partial charge is 0.396 e. The first kappa shape index (κ1) is 16.1. The summed E-state index contributed by atoms with van der Waals surface area (Å²) in [6.45, 7) is 0. The molecule has 0 radical (unpaired) electrons. The van der Waals surface area contributed by atoms with Gasteiger partial charge in [-0.15, -0.1) is 0 Å². The molecule has 0 spiro atoms. The molecule has 1 amide bonds. The number of nitrogens with two attached hydrogens (primary N) is 1. The topological polar surface area (TPSA) is 95.0 Å². The molecule has 6 nitrogen and oxygen atoms in total. The highest BCUT2D eigenvalue weighted by molar-refractivity contribution is 7.80. The minimum Gasteiger partial charge on any atom is -0.396 e. The van der Waals surface area contributed by atoms with Gasteiger partial charge in [0.2, 0.25) is 0 Å². The Kier molecular flexibility index (Phi) is 4.54. The van der Waals surface area contributed by atoms with Gasteiger partial charge in [-0.05, 0) is 42.5 Å². The van der Waals surface area contributed by atoms with Crippen molar-refractivity contribution in [2.45, 2.75) is 0 Å². The zero-order chi connectivity index (χ0) is 17.1. The van der Waals surface area contributed by atoms with Crippen LogP contribution in [-0.4, -0.2) is 16.0 Å². The van der Waals surface area contributed by atoms with Crippen molar-refractivity contribution in [2.75, 3.05) is 11.1 Å². The number of rotatable bonds is 2. The summed E-state index contributed by atoms with van der Waals surface area (Å²) < 4.78 is 0. The third-order valence-electron chi connectivity index (χ3n) is 3.36. The summed E-state index contributed by atoms with van der Waals surface area (Å²) in [5.41, 5.74) is 13.3. The smallest absolute Gasteiger partial charge is 0.288 e. The molecule has 3 aromatic rings. The summed E-state index contributed by atoms with van der Waals surface area (Å²) in [7, 11) is 0. The second-order valence-corrected chi connectivity index (χ2v) is 5.84. The van der Waals surface area contributed by atoms with E-state index in [1.54, 1.807) is 24.3 Å². The van der Waals surface area contributed by atoms with Crippen LogP contribution in [0.1, 0.15) is 10.5 Å². The molecule has 0 saturated heterocycles. The number of halogens is 1. The van der Waals surface area contributed by atoms with Gasteiger partial charge in [0.15, 0.2) is 5.11 Å². The quantitative estimate of drug-likeness (QED) is 0.358. The van der Waals surface area contributed by atoms with E-state index in [4.69, 9.17) is 29.6 Å². The van der Waals surface area contributed by atoms with Gasteiger partial charge in [0, 0.05) is 21.6 Å². The molecule has 24 heavy (non-hydrogen) atoms. The number of aromatic amines is 1. The van der Waals surface area contributed by atoms with Crippen molar-refractivity contribution in [3.63, 3.8) is 0 Å². The van der Waals surface area contributed by atoms with E-state index >= 15 is 0 Å². The Morgan fingerprint density at radius 3 is 2.50 bits per heavy atom. The van der Waals surface area contributed by atoms with Gasteiger partial charge in [0.05, 0.1) is 5.69 Å². The molecule has 0 aliphatic heterocycles. The van der Waals surface area contributed by atoms with Crippen molar-refractivity contribution < 1.29 is 4.79 Å². The number of hydrazine groups is 1. The van der Waals surface area contributed by atoms with Gasteiger partial charge in [0.25, 0.3) is 5.91 Å². The molecule has 0 fully saturated rings. The highest BCUT2D eigenvalue weighted by Gasteiger charge is 2.15. The van der Waals surface area contributed by atoms with Gasteiger partial charge >= 0.3 is 0 Å². The van der Waals surface area contributed by atoms with Gasteiger partial charge in [-0.2, -0.15) is 0 Å². The number of aromatic nitrogens is 1. The molecule has 0 unspecified atom stereocenters. The van der Waals surface area contributed by atoms with Crippen molar-refractivity contribution in [3.8, 4) is 0 Å². The number of amides is 1. The molecule has 2 aromatic carbocycles. The lowest BCUT2D eigenvalue weighted by Gasteiger charge is -2.11. The Morgan fingerprint density at radius 1 is 1.08 bits per heavy atom. The molecule has 1 heterocycles. The first-order valence-corrected chi connectivity index (χ1v) is 7.82. The fourth-order valence-corrected chi connectivity index (χ4v) is 2.51. The fourth-order valence-electron chi connectivity index (χ4n) is 2.21. The second-order valence-electron chi connectivity index (χ2n) is 5.00. The van der Waals surface area contributed by atoms with Gasteiger partial charge in [-0.25, -0.2) is 0 Å². The number of para-hydroxylation sites is 1. The van der Waals surface area contributed by atoms with Crippen LogP contribution in [0.4, 0.5) is 11.4 Å². The Hall–Kier alpha value is -2.77. The maximum absolute atomic E-state index is 12.2. The normalized spacial score (nSPS) is 10.4. The number of fused-ring (bicyclic) bond motifs is 1. The monoisotopic (exact) mass is 359 g/mol. The molecule has 0 saturated carbocycles. The van der Waals surface area contributed by atoms with Crippen LogP contribution in [0, 0.1) is 0 Å². The van der Waals surface area contributed by atoms with E-state index in [0.29, 0.717) is 10.7 Å². The van der Waals surface area contributed by atoms with E-state index < -0.39 is 5.91 Å². The van der Waals surface area contributed by atoms with Crippen LogP contribution < -0.4 is 21.9 Å². The summed E-state index contributed by atoms with van der Waals surface area (Å²) in [6.07, 6.45) is 0.